The molecule has 1 aromatic rings. The monoisotopic (exact) mass is 332 g/mol. The van der Waals surface area contributed by atoms with Gasteiger partial charge in [-0.3, -0.25) is 9.69 Å². The van der Waals surface area contributed by atoms with Crippen LogP contribution in [-0.2, 0) is 4.79 Å². The van der Waals surface area contributed by atoms with Crippen LogP contribution >= 0.6 is 0 Å². The Morgan fingerprint density at radius 3 is 2.67 bits per heavy atom. The largest absolute Gasteiger partial charge is 0.486 e. The van der Waals surface area contributed by atoms with Gasteiger partial charge in [-0.05, 0) is 32.5 Å². The molecule has 0 saturated carbocycles. The molecule has 2 unspecified atom stereocenters. The summed E-state index contributed by atoms with van der Waals surface area (Å²) in [6, 6.07) is 7.42. The van der Waals surface area contributed by atoms with Crippen LogP contribution in [0.3, 0.4) is 0 Å². The Balaban J connectivity index is 1.93. The summed E-state index contributed by atoms with van der Waals surface area (Å²) in [5, 5.41) is 0. The average Bonchev–Trinajstić information content (AvgIpc) is 2.58. The van der Waals surface area contributed by atoms with Crippen LogP contribution in [-0.4, -0.2) is 61.1 Å². The fourth-order valence-electron chi connectivity index (χ4n) is 2.89. The molecule has 1 aliphatic rings. The summed E-state index contributed by atoms with van der Waals surface area (Å²) < 4.78 is 11.7. The predicted octanol–water partition coefficient (Wildman–Crippen LogP) is 2.57. The highest BCUT2D eigenvalue weighted by Gasteiger charge is 2.27. The first-order valence-corrected chi connectivity index (χ1v) is 8.44. The van der Waals surface area contributed by atoms with Crippen LogP contribution in [0, 0.1) is 0 Å². The number of ether oxygens (including phenoxy) is 2. The summed E-state index contributed by atoms with van der Waals surface area (Å²) in [7, 11) is 1.82. The molecule has 1 heterocycles. The molecule has 0 aromatic heterocycles. The summed E-state index contributed by atoms with van der Waals surface area (Å²) in [6.07, 6.45) is -0.155. The maximum atomic E-state index is 12.7. The number of benzene rings is 1. The lowest BCUT2D eigenvalue weighted by atomic mass is 10.2. The lowest BCUT2D eigenvalue weighted by Crippen LogP contribution is -2.49. The van der Waals surface area contributed by atoms with E-state index >= 15 is 0 Å². The van der Waals surface area contributed by atoms with Gasteiger partial charge < -0.3 is 14.4 Å². The smallest absolute Gasteiger partial charge is 0.239 e. The maximum Gasteiger partial charge on any atom is 0.239 e. The third-order valence-corrected chi connectivity index (χ3v) is 4.21. The molecule has 24 heavy (non-hydrogen) atoms. The number of hydrogen-bond donors (Lipinski definition) is 0. The van der Waals surface area contributed by atoms with Gasteiger partial charge in [0.2, 0.25) is 5.91 Å². The fourth-order valence-corrected chi connectivity index (χ4v) is 2.89. The van der Waals surface area contributed by atoms with Crippen molar-refractivity contribution in [1.82, 2.24) is 9.80 Å². The maximum absolute atomic E-state index is 12.7. The topological polar surface area (TPSA) is 42.0 Å². The van der Waals surface area contributed by atoms with E-state index in [2.05, 4.69) is 18.4 Å². The normalized spacial score (nSPS) is 17.5. The van der Waals surface area contributed by atoms with Crippen molar-refractivity contribution in [3.05, 3.63) is 36.4 Å². The first kappa shape index (κ1) is 18.3. The molecule has 5 heteroatoms. The minimum Gasteiger partial charge on any atom is -0.486 e. The van der Waals surface area contributed by atoms with Gasteiger partial charge in [0.1, 0.15) is 6.61 Å². The van der Waals surface area contributed by atoms with Gasteiger partial charge >= 0.3 is 0 Å². The van der Waals surface area contributed by atoms with E-state index in [0.717, 1.165) is 30.2 Å². The van der Waals surface area contributed by atoms with Crippen LogP contribution in [0.15, 0.2) is 36.4 Å². The van der Waals surface area contributed by atoms with Gasteiger partial charge in [0.05, 0.1) is 12.6 Å². The highest BCUT2D eigenvalue weighted by atomic mass is 16.6. The molecular formula is C19H28N2O3. The molecule has 5 nitrogen and oxygen atoms in total. The Morgan fingerprint density at radius 1 is 1.38 bits per heavy atom. The Kier molecular flexibility index (Phi) is 6.26. The highest BCUT2D eigenvalue weighted by molar-refractivity contribution is 5.81. The van der Waals surface area contributed by atoms with Crippen molar-refractivity contribution in [3.63, 3.8) is 0 Å². The Labute approximate surface area is 144 Å². The average molecular weight is 332 g/mol. The van der Waals surface area contributed by atoms with Gasteiger partial charge in [0.15, 0.2) is 17.6 Å². The molecule has 1 aliphatic heterocycles. The summed E-state index contributed by atoms with van der Waals surface area (Å²) in [5.41, 5.74) is 1.06. The summed E-state index contributed by atoms with van der Waals surface area (Å²) >= 11 is 0. The second kappa shape index (κ2) is 8.20. The zero-order valence-electron chi connectivity index (χ0n) is 15.1. The van der Waals surface area contributed by atoms with Gasteiger partial charge in [0.25, 0.3) is 0 Å². The number of amides is 1. The van der Waals surface area contributed by atoms with Crippen LogP contribution in [0.4, 0.5) is 0 Å². The summed E-state index contributed by atoms with van der Waals surface area (Å²) in [6.45, 7) is 12.4. The van der Waals surface area contributed by atoms with E-state index in [1.54, 1.807) is 4.90 Å². The Hall–Kier alpha value is -2.01. The second-order valence-corrected chi connectivity index (χ2v) is 6.41. The van der Waals surface area contributed by atoms with Crippen LogP contribution in [0.5, 0.6) is 11.5 Å². The number of nitrogens with zero attached hydrogens (tertiary/aromatic N) is 2. The Bertz CT molecular complexity index is 588. The lowest BCUT2D eigenvalue weighted by Gasteiger charge is -2.33. The van der Waals surface area contributed by atoms with Gasteiger partial charge in [-0.1, -0.05) is 31.2 Å². The van der Waals surface area contributed by atoms with E-state index < -0.39 is 0 Å². The van der Waals surface area contributed by atoms with E-state index in [9.17, 15) is 4.79 Å². The zero-order chi connectivity index (χ0) is 17.7. The van der Waals surface area contributed by atoms with Gasteiger partial charge in [-0.2, -0.15) is 0 Å². The molecular weight excluding hydrogens is 304 g/mol. The van der Waals surface area contributed by atoms with Crippen molar-refractivity contribution in [2.75, 3.05) is 33.3 Å². The van der Waals surface area contributed by atoms with Crippen LogP contribution in [0.25, 0.3) is 0 Å². The molecule has 1 aromatic carbocycles. The molecule has 0 N–H and O–H groups in total. The number of likely N-dealkylation sites (N-methyl/N-ethyl adjacent to an activating group) is 2. The lowest BCUT2D eigenvalue weighted by molar-refractivity contribution is -0.136. The Morgan fingerprint density at radius 2 is 2.04 bits per heavy atom. The third kappa shape index (κ3) is 4.51. The molecule has 2 rings (SSSR count). The molecule has 0 bridgehead atoms. The number of para-hydroxylation sites is 2. The van der Waals surface area contributed by atoms with Crippen molar-refractivity contribution in [3.8, 4) is 11.5 Å². The molecule has 0 fully saturated rings. The number of carbonyl (C=O) groups excluding carboxylic acids is 1. The first-order valence-electron chi connectivity index (χ1n) is 8.44. The third-order valence-electron chi connectivity index (χ3n) is 4.21. The predicted molar refractivity (Wildman–Crippen MR) is 95.5 cm³/mol. The first-order chi connectivity index (χ1) is 11.4. The van der Waals surface area contributed by atoms with Crippen molar-refractivity contribution in [1.29, 1.82) is 0 Å². The van der Waals surface area contributed by atoms with Crippen LogP contribution in [0.1, 0.15) is 20.8 Å². The van der Waals surface area contributed by atoms with Crippen LogP contribution < -0.4 is 9.47 Å². The van der Waals surface area contributed by atoms with Gasteiger partial charge in [-0.15, -0.1) is 0 Å². The minimum atomic E-state index is -0.187. The van der Waals surface area contributed by atoms with E-state index in [-0.39, 0.29) is 18.1 Å². The molecule has 0 saturated heterocycles. The van der Waals surface area contributed by atoms with Gasteiger partial charge in [0, 0.05) is 13.6 Å². The van der Waals surface area contributed by atoms with Gasteiger partial charge in [-0.25, -0.2) is 0 Å². The molecule has 2 atom stereocenters. The minimum absolute atomic E-state index is 0.0839. The number of hydrogen-bond acceptors (Lipinski definition) is 4. The zero-order valence-corrected chi connectivity index (χ0v) is 15.1. The van der Waals surface area contributed by atoms with E-state index in [4.69, 9.17) is 9.47 Å². The SMILES string of the molecule is C=C(C)CN(CC)C(C)C(=O)N(C)CC1COc2ccccc2O1. The van der Waals surface area contributed by atoms with E-state index in [1.807, 2.05) is 45.2 Å². The van der Waals surface area contributed by atoms with Crippen molar-refractivity contribution >= 4 is 5.91 Å². The van der Waals surface area contributed by atoms with Crippen molar-refractivity contribution in [2.45, 2.75) is 32.9 Å². The quantitative estimate of drug-likeness (QED) is 0.720. The number of carbonyl (C=O) groups is 1. The summed E-state index contributed by atoms with van der Waals surface area (Å²) in [4.78, 5) is 16.6. The molecule has 0 aliphatic carbocycles. The molecule has 1 amide bonds. The second-order valence-electron chi connectivity index (χ2n) is 6.41. The van der Waals surface area contributed by atoms with Crippen LogP contribution in [0.2, 0.25) is 0 Å². The van der Waals surface area contributed by atoms with Crippen molar-refractivity contribution in [2.24, 2.45) is 0 Å². The molecule has 132 valence electrons. The highest BCUT2D eigenvalue weighted by Crippen LogP contribution is 2.30. The summed E-state index contributed by atoms with van der Waals surface area (Å²) in [5.74, 6) is 1.58. The van der Waals surface area contributed by atoms with Crippen molar-refractivity contribution < 1.29 is 14.3 Å². The molecule has 0 spiro atoms. The standard InChI is InChI=1S/C19H28N2O3/c1-6-21(11-14(2)3)15(4)19(22)20(5)12-16-13-23-17-9-7-8-10-18(17)24-16/h7-10,15-16H,2,6,11-13H2,1,3-5H3. The fraction of sp³-hybridized carbons (Fsp3) is 0.526. The number of fused-ring (bicyclic) bond motifs is 1. The molecule has 0 radical (unpaired) electrons. The van der Waals surface area contributed by atoms with E-state index in [1.165, 1.54) is 0 Å². The number of rotatable bonds is 7. The van der Waals surface area contributed by atoms with E-state index in [0.29, 0.717) is 13.2 Å².